The predicted molar refractivity (Wildman–Crippen MR) is 70.6 cm³/mol. The first-order valence-corrected chi connectivity index (χ1v) is 6.09. The van der Waals surface area contributed by atoms with Crippen molar-refractivity contribution in [3.63, 3.8) is 0 Å². The topological polar surface area (TPSA) is 66.2 Å². The van der Waals surface area contributed by atoms with Gasteiger partial charge in [-0.3, -0.25) is 4.90 Å². The summed E-state index contributed by atoms with van der Waals surface area (Å²) in [4.78, 5) is 2.18. The minimum atomic E-state index is -0.416. The average molecular weight is 264 g/mol. The van der Waals surface area contributed by atoms with Gasteiger partial charge in [0.2, 0.25) is 0 Å². The van der Waals surface area contributed by atoms with Gasteiger partial charge in [0.1, 0.15) is 0 Å². The molecular weight excluding hydrogens is 236 g/mol. The summed E-state index contributed by atoms with van der Waals surface area (Å²) in [7, 11) is 6.59. The molecule has 0 heterocycles. The van der Waals surface area contributed by atoms with Crippen LogP contribution in [-0.2, 0) is 18.9 Å². The van der Waals surface area contributed by atoms with Gasteiger partial charge in [-0.2, -0.15) is 0 Å². The predicted octanol–water partition coefficient (Wildman–Crippen LogP) is -0.0825. The van der Waals surface area contributed by atoms with Gasteiger partial charge in [-0.1, -0.05) is 0 Å². The van der Waals surface area contributed by atoms with Gasteiger partial charge in [-0.15, -0.1) is 0 Å². The van der Waals surface area contributed by atoms with Crippen LogP contribution in [0.1, 0.15) is 6.92 Å². The Bertz CT molecular complexity index is 195. The van der Waals surface area contributed by atoms with Gasteiger partial charge < -0.3 is 24.7 Å². The summed E-state index contributed by atoms with van der Waals surface area (Å²) in [6.07, 6.45) is -0.392. The lowest BCUT2D eigenvalue weighted by Crippen LogP contribution is -2.61. The van der Waals surface area contributed by atoms with Gasteiger partial charge in [-0.25, -0.2) is 0 Å². The zero-order chi connectivity index (χ0) is 14.0. The molecule has 0 aromatic carbocycles. The molecule has 2 N–H and O–H groups in total. The molecule has 0 fully saturated rings. The summed E-state index contributed by atoms with van der Waals surface area (Å²) in [5, 5.41) is 0. The van der Waals surface area contributed by atoms with Gasteiger partial charge >= 0.3 is 0 Å². The molecule has 0 aliphatic heterocycles. The molecule has 0 bridgehead atoms. The van der Waals surface area contributed by atoms with Crippen molar-refractivity contribution in [2.24, 2.45) is 5.73 Å². The third-order valence-corrected chi connectivity index (χ3v) is 3.20. The van der Waals surface area contributed by atoms with E-state index in [1.54, 1.807) is 28.4 Å². The summed E-state index contributed by atoms with van der Waals surface area (Å²) in [6.45, 7) is 5.19. The summed E-state index contributed by atoms with van der Waals surface area (Å²) < 4.78 is 21.0. The lowest BCUT2D eigenvalue weighted by Gasteiger charge is -2.44. The number of methoxy groups -OCH3 is 4. The fourth-order valence-corrected chi connectivity index (χ4v) is 2.00. The zero-order valence-corrected chi connectivity index (χ0v) is 12.3. The Kier molecular flexibility index (Phi) is 9.53. The summed E-state index contributed by atoms with van der Waals surface area (Å²) in [5.41, 5.74) is 5.50. The highest BCUT2D eigenvalue weighted by Gasteiger charge is 2.39. The quantitative estimate of drug-likeness (QED) is 0.526. The molecule has 0 spiro atoms. The molecule has 0 aliphatic rings. The lowest BCUT2D eigenvalue weighted by atomic mass is 9.98. The Morgan fingerprint density at radius 2 is 1.44 bits per heavy atom. The van der Waals surface area contributed by atoms with E-state index in [4.69, 9.17) is 24.7 Å². The molecule has 110 valence electrons. The van der Waals surface area contributed by atoms with E-state index in [0.717, 1.165) is 13.1 Å². The molecule has 0 aliphatic carbocycles. The maximum absolute atomic E-state index is 5.92. The van der Waals surface area contributed by atoms with Crippen LogP contribution in [0.4, 0.5) is 0 Å². The van der Waals surface area contributed by atoms with Crippen molar-refractivity contribution in [2.45, 2.75) is 18.8 Å². The van der Waals surface area contributed by atoms with Crippen molar-refractivity contribution in [3.05, 3.63) is 0 Å². The maximum atomic E-state index is 5.92. The molecule has 0 radical (unpaired) electrons. The van der Waals surface area contributed by atoms with Crippen molar-refractivity contribution in [1.82, 2.24) is 4.90 Å². The normalized spacial score (nSPS) is 15.3. The van der Waals surface area contributed by atoms with Crippen LogP contribution >= 0.6 is 0 Å². The van der Waals surface area contributed by atoms with Crippen molar-refractivity contribution in [2.75, 3.05) is 61.3 Å². The lowest BCUT2D eigenvalue weighted by molar-refractivity contribution is -0.184. The van der Waals surface area contributed by atoms with E-state index >= 15 is 0 Å². The zero-order valence-electron chi connectivity index (χ0n) is 12.3. The molecule has 0 aromatic rings. The standard InChI is InChI=1S/C12H28N2O4/c1-12(10-13,11(17-4)18-5)14(6-8-15-2)7-9-16-3/h11H,6-10,13H2,1-5H3. The molecule has 18 heavy (non-hydrogen) atoms. The van der Waals surface area contributed by atoms with E-state index in [1.165, 1.54) is 0 Å². The molecule has 0 amide bonds. The Hall–Kier alpha value is -0.240. The Balaban J connectivity index is 4.83. The first kappa shape index (κ1) is 17.8. The molecule has 6 heteroatoms. The number of hydrogen-bond acceptors (Lipinski definition) is 6. The van der Waals surface area contributed by atoms with Crippen LogP contribution in [0.2, 0.25) is 0 Å². The first-order valence-electron chi connectivity index (χ1n) is 6.09. The van der Waals surface area contributed by atoms with Crippen LogP contribution in [-0.4, -0.2) is 78.0 Å². The van der Waals surface area contributed by atoms with Crippen molar-refractivity contribution in [1.29, 1.82) is 0 Å². The van der Waals surface area contributed by atoms with Crippen LogP contribution in [0, 0.1) is 0 Å². The van der Waals surface area contributed by atoms with Crippen LogP contribution in [0.25, 0.3) is 0 Å². The van der Waals surface area contributed by atoms with E-state index in [0.29, 0.717) is 19.8 Å². The van der Waals surface area contributed by atoms with Gasteiger partial charge in [0.05, 0.1) is 18.8 Å². The van der Waals surface area contributed by atoms with Gasteiger partial charge in [0.25, 0.3) is 0 Å². The minimum Gasteiger partial charge on any atom is -0.383 e. The Labute approximate surface area is 110 Å². The van der Waals surface area contributed by atoms with E-state index < -0.39 is 11.8 Å². The van der Waals surface area contributed by atoms with Crippen molar-refractivity contribution < 1.29 is 18.9 Å². The average Bonchev–Trinajstić information content (AvgIpc) is 2.39. The van der Waals surface area contributed by atoms with Crippen LogP contribution in [0.3, 0.4) is 0 Å². The third-order valence-electron chi connectivity index (χ3n) is 3.20. The number of ether oxygens (including phenoxy) is 4. The number of hydrogen-bond donors (Lipinski definition) is 1. The highest BCUT2D eigenvalue weighted by Crippen LogP contribution is 2.21. The molecule has 0 saturated carbocycles. The molecule has 6 nitrogen and oxygen atoms in total. The second-order valence-corrected chi connectivity index (χ2v) is 4.34. The third kappa shape index (κ3) is 4.79. The van der Waals surface area contributed by atoms with Gasteiger partial charge in [-0.05, 0) is 6.92 Å². The van der Waals surface area contributed by atoms with E-state index in [2.05, 4.69) is 4.90 Å². The van der Waals surface area contributed by atoms with Crippen molar-refractivity contribution in [3.8, 4) is 0 Å². The van der Waals surface area contributed by atoms with Crippen molar-refractivity contribution >= 4 is 0 Å². The first-order chi connectivity index (χ1) is 8.60. The minimum absolute atomic E-state index is 0.392. The summed E-state index contributed by atoms with van der Waals surface area (Å²) in [5.74, 6) is 0. The highest BCUT2D eigenvalue weighted by atomic mass is 16.7. The van der Waals surface area contributed by atoms with E-state index in [9.17, 15) is 0 Å². The summed E-state index contributed by atoms with van der Waals surface area (Å²) >= 11 is 0. The molecular formula is C12H28N2O4. The summed E-state index contributed by atoms with van der Waals surface area (Å²) in [6, 6.07) is 0. The second-order valence-electron chi connectivity index (χ2n) is 4.34. The van der Waals surface area contributed by atoms with Crippen LogP contribution < -0.4 is 5.73 Å². The smallest absolute Gasteiger partial charge is 0.176 e. The number of nitrogens with zero attached hydrogens (tertiary/aromatic N) is 1. The second kappa shape index (κ2) is 9.66. The van der Waals surface area contributed by atoms with Gasteiger partial charge in [0.15, 0.2) is 6.29 Å². The molecule has 0 rings (SSSR count). The number of nitrogens with two attached hydrogens (primary N) is 1. The Morgan fingerprint density at radius 1 is 1.00 bits per heavy atom. The largest absolute Gasteiger partial charge is 0.383 e. The highest BCUT2D eigenvalue weighted by molar-refractivity contribution is 4.91. The van der Waals surface area contributed by atoms with Crippen LogP contribution in [0.15, 0.2) is 0 Å². The van der Waals surface area contributed by atoms with E-state index in [1.807, 2.05) is 6.92 Å². The molecule has 1 unspecified atom stereocenters. The SMILES string of the molecule is COCCN(CCOC)C(C)(CN)C(OC)OC. The van der Waals surface area contributed by atoms with Crippen LogP contribution in [0.5, 0.6) is 0 Å². The molecule has 0 saturated heterocycles. The van der Waals surface area contributed by atoms with Gasteiger partial charge in [0, 0.05) is 48.1 Å². The molecule has 1 atom stereocenters. The fourth-order valence-electron chi connectivity index (χ4n) is 2.00. The van der Waals surface area contributed by atoms with E-state index in [-0.39, 0.29) is 0 Å². The molecule has 0 aromatic heterocycles. The maximum Gasteiger partial charge on any atom is 0.176 e. The fraction of sp³-hybridized carbons (Fsp3) is 1.00. The Morgan fingerprint density at radius 3 is 1.72 bits per heavy atom. The number of rotatable bonds is 11. The monoisotopic (exact) mass is 264 g/mol.